The summed E-state index contributed by atoms with van der Waals surface area (Å²) in [7, 11) is 1.36. The maximum absolute atomic E-state index is 14.0. The van der Waals surface area contributed by atoms with Crippen LogP contribution in [0.1, 0.15) is 5.56 Å². The van der Waals surface area contributed by atoms with Crippen molar-refractivity contribution < 1.29 is 22.6 Å². The van der Waals surface area contributed by atoms with E-state index in [-0.39, 0.29) is 35.0 Å². The number of thiocarbonyl (C=S) groups is 1. The van der Waals surface area contributed by atoms with Crippen LogP contribution < -0.4 is 20.1 Å². The van der Waals surface area contributed by atoms with Crippen LogP contribution in [0.5, 0.6) is 11.8 Å². The maximum atomic E-state index is 14.0. The molecule has 3 aromatic rings. The predicted molar refractivity (Wildman–Crippen MR) is 106 cm³/mol. The molecule has 0 aliphatic rings. The van der Waals surface area contributed by atoms with E-state index in [4.69, 9.17) is 21.7 Å². The lowest BCUT2D eigenvalue weighted by Gasteiger charge is -2.12. The molecule has 0 saturated heterocycles. The van der Waals surface area contributed by atoms with Crippen molar-refractivity contribution in [1.29, 1.82) is 0 Å². The minimum absolute atomic E-state index is 0.0517. The normalized spacial score (nSPS) is 10.3. The molecule has 0 atom stereocenters. The van der Waals surface area contributed by atoms with Crippen molar-refractivity contribution >= 4 is 28.8 Å². The zero-order valence-corrected chi connectivity index (χ0v) is 15.9. The monoisotopic (exact) mass is 420 g/mol. The van der Waals surface area contributed by atoms with E-state index >= 15 is 0 Å². The van der Waals surface area contributed by atoms with Gasteiger partial charge in [-0.15, -0.1) is 0 Å². The van der Waals surface area contributed by atoms with Gasteiger partial charge in [0.2, 0.25) is 0 Å². The Labute approximate surface area is 169 Å². The molecule has 0 aliphatic carbocycles. The summed E-state index contributed by atoms with van der Waals surface area (Å²) >= 11 is 5.05. The van der Waals surface area contributed by atoms with Gasteiger partial charge in [-0.05, 0) is 42.0 Å². The number of rotatable bonds is 6. The molecule has 1 aromatic heterocycles. The summed E-state index contributed by atoms with van der Waals surface area (Å²) in [6.45, 7) is -0.0517. The van der Waals surface area contributed by atoms with Crippen molar-refractivity contribution in [3.63, 3.8) is 0 Å². The lowest BCUT2D eigenvalue weighted by Crippen LogP contribution is -2.21. The van der Waals surface area contributed by atoms with Gasteiger partial charge in [0.1, 0.15) is 12.4 Å². The van der Waals surface area contributed by atoms with Crippen LogP contribution in [0, 0.1) is 17.5 Å². The molecular formula is C19H15F3N4O2S. The molecule has 3 rings (SSSR count). The standard InChI is InChI=1S/C19H15F3N4O2S/c1-27-16-7-6-11(8-13(16)21)10-28-18-23-9-14(22)17(25-18)26-19(29)24-15-5-3-2-4-12(15)20/h2-9H,10H2,1H3,(H2,23,24,25,26,29). The first-order chi connectivity index (χ1) is 14.0. The Morgan fingerprint density at radius 2 is 1.83 bits per heavy atom. The minimum Gasteiger partial charge on any atom is -0.494 e. The van der Waals surface area contributed by atoms with Crippen LogP contribution >= 0.6 is 12.2 Å². The summed E-state index contributed by atoms with van der Waals surface area (Å²) < 4.78 is 51.6. The molecule has 0 amide bonds. The number of nitrogens with zero attached hydrogens (tertiary/aromatic N) is 2. The molecule has 10 heteroatoms. The molecule has 0 fully saturated rings. The Morgan fingerprint density at radius 1 is 1.03 bits per heavy atom. The van der Waals surface area contributed by atoms with Gasteiger partial charge in [0.25, 0.3) is 0 Å². The molecule has 0 radical (unpaired) electrons. The predicted octanol–water partition coefficient (Wildman–Crippen LogP) is 4.29. The van der Waals surface area contributed by atoms with Crippen LogP contribution in [-0.4, -0.2) is 22.2 Å². The van der Waals surface area contributed by atoms with Crippen LogP contribution in [0.3, 0.4) is 0 Å². The number of methoxy groups -OCH3 is 1. The van der Waals surface area contributed by atoms with Gasteiger partial charge >= 0.3 is 6.01 Å². The quantitative estimate of drug-likeness (QED) is 0.577. The van der Waals surface area contributed by atoms with Crippen molar-refractivity contribution in [2.75, 3.05) is 17.7 Å². The number of nitrogens with one attached hydrogen (secondary N) is 2. The molecule has 0 bridgehead atoms. The largest absolute Gasteiger partial charge is 0.494 e. The summed E-state index contributed by atoms with van der Waals surface area (Å²) in [6, 6.07) is 10.0. The van der Waals surface area contributed by atoms with Crippen molar-refractivity contribution in [1.82, 2.24) is 9.97 Å². The SMILES string of the molecule is COc1ccc(COc2ncc(F)c(NC(=S)Nc3ccccc3F)n2)cc1F. The molecular weight excluding hydrogens is 405 g/mol. The second-order valence-electron chi connectivity index (χ2n) is 5.67. The fourth-order valence-electron chi connectivity index (χ4n) is 2.28. The molecule has 1 heterocycles. The second kappa shape index (κ2) is 9.20. The topological polar surface area (TPSA) is 68.3 Å². The number of hydrogen-bond donors (Lipinski definition) is 2. The van der Waals surface area contributed by atoms with Crippen LogP contribution in [-0.2, 0) is 6.61 Å². The zero-order chi connectivity index (χ0) is 20.8. The first-order valence-corrected chi connectivity index (χ1v) is 8.67. The first-order valence-electron chi connectivity index (χ1n) is 8.26. The van der Waals surface area contributed by atoms with Crippen LogP contribution in [0.15, 0.2) is 48.7 Å². The third-order valence-corrected chi connectivity index (χ3v) is 3.86. The number of halogens is 3. The molecule has 29 heavy (non-hydrogen) atoms. The van der Waals surface area contributed by atoms with Gasteiger partial charge in [0, 0.05) is 0 Å². The average molecular weight is 420 g/mol. The third kappa shape index (κ3) is 5.32. The Hall–Kier alpha value is -3.40. The van der Waals surface area contributed by atoms with Crippen LogP contribution in [0.25, 0.3) is 0 Å². The molecule has 0 unspecified atom stereocenters. The van der Waals surface area contributed by atoms with E-state index in [1.54, 1.807) is 12.1 Å². The maximum Gasteiger partial charge on any atom is 0.318 e. The van der Waals surface area contributed by atoms with E-state index in [0.717, 1.165) is 6.20 Å². The number of hydrogen-bond acceptors (Lipinski definition) is 5. The number of anilines is 2. The highest BCUT2D eigenvalue weighted by Crippen LogP contribution is 2.20. The number of para-hydroxylation sites is 1. The van der Waals surface area contributed by atoms with E-state index in [9.17, 15) is 13.2 Å². The third-order valence-electron chi connectivity index (χ3n) is 3.66. The molecule has 150 valence electrons. The van der Waals surface area contributed by atoms with Gasteiger partial charge < -0.3 is 20.1 Å². The van der Waals surface area contributed by atoms with Gasteiger partial charge in [-0.1, -0.05) is 18.2 Å². The van der Waals surface area contributed by atoms with E-state index < -0.39 is 17.5 Å². The van der Waals surface area contributed by atoms with E-state index in [1.165, 1.54) is 37.4 Å². The molecule has 6 nitrogen and oxygen atoms in total. The van der Waals surface area contributed by atoms with Crippen LogP contribution in [0.2, 0.25) is 0 Å². The summed E-state index contributed by atoms with van der Waals surface area (Å²) in [5.41, 5.74) is 0.625. The zero-order valence-electron chi connectivity index (χ0n) is 15.1. The molecule has 2 N–H and O–H groups in total. The lowest BCUT2D eigenvalue weighted by atomic mass is 10.2. The van der Waals surface area contributed by atoms with E-state index in [0.29, 0.717) is 5.56 Å². The second-order valence-corrected chi connectivity index (χ2v) is 6.07. The van der Waals surface area contributed by atoms with Gasteiger partial charge in [0.05, 0.1) is 19.0 Å². The summed E-state index contributed by atoms with van der Waals surface area (Å²) in [6.07, 6.45) is 0.894. The molecule has 0 spiro atoms. The highest BCUT2D eigenvalue weighted by molar-refractivity contribution is 7.80. The van der Waals surface area contributed by atoms with Crippen LogP contribution in [0.4, 0.5) is 24.7 Å². The highest BCUT2D eigenvalue weighted by atomic mass is 32.1. The average Bonchev–Trinajstić information content (AvgIpc) is 2.70. The van der Waals surface area contributed by atoms with Crippen molar-refractivity contribution in [3.8, 4) is 11.8 Å². The van der Waals surface area contributed by atoms with E-state index in [1.807, 2.05) is 0 Å². The van der Waals surface area contributed by atoms with Crippen molar-refractivity contribution in [3.05, 3.63) is 71.7 Å². The lowest BCUT2D eigenvalue weighted by molar-refractivity contribution is 0.279. The minimum atomic E-state index is -0.787. The Bertz CT molecular complexity index is 1040. The number of ether oxygens (including phenoxy) is 2. The van der Waals surface area contributed by atoms with Crippen molar-refractivity contribution in [2.24, 2.45) is 0 Å². The first kappa shape index (κ1) is 20.3. The van der Waals surface area contributed by atoms with Gasteiger partial charge in [0.15, 0.2) is 28.3 Å². The van der Waals surface area contributed by atoms with Gasteiger partial charge in [-0.3, -0.25) is 0 Å². The fraction of sp³-hybridized carbons (Fsp3) is 0.105. The molecule has 2 aromatic carbocycles. The number of benzene rings is 2. The Balaban J connectivity index is 1.65. The van der Waals surface area contributed by atoms with Gasteiger partial charge in [-0.2, -0.15) is 4.98 Å². The van der Waals surface area contributed by atoms with E-state index in [2.05, 4.69) is 20.6 Å². The Kier molecular flexibility index (Phi) is 6.45. The summed E-state index contributed by atoms with van der Waals surface area (Å²) in [5, 5.41) is 5.05. The number of aromatic nitrogens is 2. The summed E-state index contributed by atoms with van der Waals surface area (Å²) in [5.74, 6) is -2.00. The smallest absolute Gasteiger partial charge is 0.318 e. The fourth-order valence-corrected chi connectivity index (χ4v) is 2.49. The van der Waals surface area contributed by atoms with Crippen molar-refractivity contribution in [2.45, 2.75) is 6.61 Å². The molecule has 0 aliphatic heterocycles. The van der Waals surface area contributed by atoms with Gasteiger partial charge in [-0.25, -0.2) is 18.2 Å². The highest BCUT2D eigenvalue weighted by Gasteiger charge is 2.12. The summed E-state index contributed by atoms with van der Waals surface area (Å²) in [4.78, 5) is 7.61. The molecule has 0 saturated carbocycles. The Morgan fingerprint density at radius 3 is 2.55 bits per heavy atom.